The Morgan fingerprint density at radius 2 is 1.69 bits per heavy atom. The van der Waals surface area contributed by atoms with E-state index in [9.17, 15) is 13.6 Å². The molecular weight excluding hydrogens is 528 g/mol. The van der Waals surface area contributed by atoms with Gasteiger partial charge in [-0.05, 0) is 80.2 Å². The monoisotopic (exact) mass is 581 g/mol. The minimum atomic E-state index is -0.680. The third kappa shape index (κ3) is 8.63. The number of benzene rings is 1. The number of halogens is 2. The number of Topliss-reactive ketones (excluding diaryl/α,β-unsaturated/α-hetero) is 1. The molecule has 0 saturated heterocycles. The van der Waals surface area contributed by atoms with Crippen LogP contribution in [0.3, 0.4) is 0 Å². The molecule has 42 heavy (non-hydrogen) atoms. The second kappa shape index (κ2) is 16.0. The Kier molecular flexibility index (Phi) is 12.4. The zero-order valence-electron chi connectivity index (χ0n) is 26.5. The number of ether oxygens (including phenoxy) is 1. The molecular formula is C37H53F2NO2. The Hall–Kier alpha value is -2.30. The average Bonchev–Trinajstić information content (AvgIpc) is 3.74. The highest BCUT2D eigenvalue weighted by Gasteiger charge is 2.42. The quantitative estimate of drug-likeness (QED) is 0.223. The van der Waals surface area contributed by atoms with Gasteiger partial charge in [-0.15, -0.1) is 0 Å². The van der Waals surface area contributed by atoms with Crippen LogP contribution in [0.2, 0.25) is 0 Å². The van der Waals surface area contributed by atoms with Gasteiger partial charge in [-0.2, -0.15) is 0 Å². The standard InChI is InChI=1S/C37H53F2NO2/c1-5-12-26(7-3)36(41)23-33-34(38)21-31(22-35(33)39)42-18-17-30-20-32(30)28-13-9-10-14-29(16-11-15-28)37-27(8-4)19-25(6-2)24-40-37/h19,21-22,24,26,28-30,32H,5-18,20,23H2,1-4H3. The van der Waals surface area contributed by atoms with Crippen molar-refractivity contribution in [1.82, 2.24) is 4.98 Å². The molecule has 1 aromatic carbocycles. The zero-order chi connectivity index (χ0) is 30.1. The number of ketones is 1. The lowest BCUT2D eigenvalue weighted by Gasteiger charge is -2.19. The summed E-state index contributed by atoms with van der Waals surface area (Å²) in [5, 5.41) is 0. The number of carbonyl (C=O) groups is 1. The third-order valence-corrected chi connectivity index (χ3v) is 10.1. The summed E-state index contributed by atoms with van der Waals surface area (Å²) in [6, 6.07) is 4.88. The fourth-order valence-electron chi connectivity index (χ4n) is 7.43. The highest BCUT2D eigenvalue weighted by molar-refractivity contribution is 5.83. The number of hydrogen-bond acceptors (Lipinski definition) is 3. The number of hydrogen-bond donors (Lipinski definition) is 0. The van der Waals surface area contributed by atoms with Crippen molar-refractivity contribution >= 4 is 5.78 Å². The second-order valence-corrected chi connectivity index (χ2v) is 13.0. The van der Waals surface area contributed by atoms with Crippen molar-refractivity contribution in [2.45, 2.75) is 130 Å². The van der Waals surface area contributed by atoms with Crippen LogP contribution < -0.4 is 4.74 Å². The molecule has 2 saturated carbocycles. The highest BCUT2D eigenvalue weighted by atomic mass is 19.1. The predicted molar refractivity (Wildman–Crippen MR) is 167 cm³/mol. The number of nitrogens with zero attached hydrogens (tertiary/aromatic N) is 1. The summed E-state index contributed by atoms with van der Waals surface area (Å²) in [5.41, 5.74) is 4.00. The Labute approximate surface area is 253 Å². The van der Waals surface area contributed by atoms with Crippen molar-refractivity contribution in [2.24, 2.45) is 23.7 Å². The van der Waals surface area contributed by atoms with Crippen molar-refractivity contribution in [3.05, 3.63) is 58.4 Å². The molecule has 2 aromatic rings. The first-order valence-corrected chi connectivity index (χ1v) is 17.0. The van der Waals surface area contributed by atoms with Crippen molar-refractivity contribution in [2.75, 3.05) is 6.61 Å². The summed E-state index contributed by atoms with van der Waals surface area (Å²) in [5.74, 6) is 1.42. The third-order valence-electron chi connectivity index (χ3n) is 10.1. The highest BCUT2D eigenvalue weighted by Crippen LogP contribution is 2.50. The number of aromatic nitrogens is 1. The first-order chi connectivity index (χ1) is 20.4. The number of rotatable bonds is 14. The van der Waals surface area contributed by atoms with E-state index in [0.29, 0.717) is 24.9 Å². The summed E-state index contributed by atoms with van der Waals surface area (Å²) in [7, 11) is 0. The van der Waals surface area contributed by atoms with Crippen LogP contribution >= 0.6 is 0 Å². The molecule has 0 spiro atoms. The molecule has 0 bridgehead atoms. The predicted octanol–water partition coefficient (Wildman–Crippen LogP) is 9.97. The van der Waals surface area contributed by atoms with Crippen molar-refractivity contribution in [3.8, 4) is 5.75 Å². The van der Waals surface area contributed by atoms with Gasteiger partial charge in [0, 0.05) is 47.8 Å². The smallest absolute Gasteiger partial charge is 0.140 e. The van der Waals surface area contributed by atoms with E-state index in [-0.39, 0.29) is 29.4 Å². The van der Waals surface area contributed by atoms with Crippen LogP contribution in [0.4, 0.5) is 8.78 Å². The minimum absolute atomic E-state index is 0.0842. The van der Waals surface area contributed by atoms with Gasteiger partial charge in [0.05, 0.1) is 6.61 Å². The fourth-order valence-corrected chi connectivity index (χ4v) is 7.43. The molecule has 2 fully saturated rings. The molecule has 3 nitrogen and oxygen atoms in total. The molecule has 0 N–H and O–H groups in total. The van der Waals surface area contributed by atoms with E-state index in [2.05, 4.69) is 26.1 Å². The molecule has 5 atom stereocenters. The maximum atomic E-state index is 14.8. The normalized spacial score (nSPS) is 23.5. The van der Waals surface area contributed by atoms with Crippen LogP contribution in [0.15, 0.2) is 24.4 Å². The molecule has 5 unspecified atom stereocenters. The lowest BCUT2D eigenvalue weighted by molar-refractivity contribution is -0.122. The molecule has 0 amide bonds. The molecule has 232 valence electrons. The molecule has 5 heteroatoms. The summed E-state index contributed by atoms with van der Waals surface area (Å²) in [6.07, 6.45) is 17.4. The van der Waals surface area contributed by atoms with E-state index >= 15 is 0 Å². The van der Waals surface area contributed by atoms with Gasteiger partial charge in [0.15, 0.2) is 0 Å². The van der Waals surface area contributed by atoms with Crippen LogP contribution in [0.25, 0.3) is 0 Å². The van der Waals surface area contributed by atoms with Gasteiger partial charge in [0.25, 0.3) is 0 Å². The van der Waals surface area contributed by atoms with E-state index in [0.717, 1.165) is 43.9 Å². The Balaban J connectivity index is 1.24. The minimum Gasteiger partial charge on any atom is -0.493 e. The van der Waals surface area contributed by atoms with Gasteiger partial charge < -0.3 is 4.74 Å². The van der Waals surface area contributed by atoms with Gasteiger partial charge in [-0.3, -0.25) is 9.78 Å². The van der Waals surface area contributed by atoms with E-state index < -0.39 is 11.6 Å². The number of pyridine rings is 1. The Bertz CT molecular complexity index is 1140. The molecule has 2 aliphatic rings. The van der Waals surface area contributed by atoms with Gasteiger partial charge in [0.2, 0.25) is 0 Å². The van der Waals surface area contributed by atoms with Crippen LogP contribution in [0.5, 0.6) is 5.75 Å². The summed E-state index contributed by atoms with van der Waals surface area (Å²) in [4.78, 5) is 17.5. The van der Waals surface area contributed by atoms with E-state index in [4.69, 9.17) is 9.72 Å². The van der Waals surface area contributed by atoms with Crippen LogP contribution in [-0.4, -0.2) is 17.4 Å². The van der Waals surface area contributed by atoms with E-state index in [1.807, 2.05) is 13.8 Å². The van der Waals surface area contributed by atoms with E-state index in [1.54, 1.807) is 0 Å². The average molecular weight is 582 g/mol. The van der Waals surface area contributed by atoms with Crippen LogP contribution in [0.1, 0.15) is 133 Å². The summed E-state index contributed by atoms with van der Waals surface area (Å²) >= 11 is 0. The summed E-state index contributed by atoms with van der Waals surface area (Å²) in [6.45, 7) is 8.90. The largest absolute Gasteiger partial charge is 0.493 e. The second-order valence-electron chi connectivity index (χ2n) is 13.0. The van der Waals surface area contributed by atoms with Gasteiger partial charge in [0.1, 0.15) is 23.2 Å². The molecule has 1 heterocycles. The Morgan fingerprint density at radius 3 is 2.38 bits per heavy atom. The summed E-state index contributed by atoms with van der Waals surface area (Å²) < 4.78 is 35.4. The first kappa shape index (κ1) is 32.6. The van der Waals surface area contributed by atoms with Crippen LogP contribution in [0, 0.1) is 35.3 Å². The molecule has 0 radical (unpaired) electrons. The zero-order valence-corrected chi connectivity index (χ0v) is 26.5. The maximum absolute atomic E-state index is 14.8. The lowest BCUT2D eigenvalue weighted by Crippen LogP contribution is -2.17. The van der Waals surface area contributed by atoms with E-state index in [1.165, 1.54) is 80.3 Å². The van der Waals surface area contributed by atoms with Crippen LogP contribution in [-0.2, 0) is 24.1 Å². The van der Waals surface area contributed by atoms with Gasteiger partial charge in [-0.25, -0.2) is 8.78 Å². The number of aryl methyl sites for hydroxylation is 2. The maximum Gasteiger partial charge on any atom is 0.140 e. The topological polar surface area (TPSA) is 39.2 Å². The number of carbonyl (C=O) groups excluding carboxylic acids is 1. The van der Waals surface area contributed by atoms with Gasteiger partial charge in [-0.1, -0.05) is 72.3 Å². The molecule has 1 aromatic heterocycles. The van der Waals surface area contributed by atoms with Gasteiger partial charge >= 0.3 is 0 Å². The Morgan fingerprint density at radius 1 is 0.976 bits per heavy atom. The molecule has 4 rings (SSSR count). The lowest BCUT2D eigenvalue weighted by atomic mass is 9.88. The first-order valence-electron chi connectivity index (χ1n) is 17.0. The SMILES string of the molecule is CCCC(CC)C(=O)Cc1c(F)cc(OCCC2CC2C2CCCCC(c3ncc(CC)cc3CC)CCC2)cc1F. The molecule has 2 aliphatic carbocycles. The fraction of sp³-hybridized carbons (Fsp3) is 0.676. The molecule has 0 aliphatic heterocycles. The van der Waals surface area contributed by atoms with Crippen molar-refractivity contribution in [1.29, 1.82) is 0 Å². The van der Waals surface area contributed by atoms with Crippen molar-refractivity contribution in [3.63, 3.8) is 0 Å². The van der Waals surface area contributed by atoms with Crippen molar-refractivity contribution < 1.29 is 18.3 Å².